The molecule has 0 saturated heterocycles. The predicted molar refractivity (Wildman–Crippen MR) is 60.7 cm³/mol. The van der Waals surface area contributed by atoms with Gasteiger partial charge in [-0.1, -0.05) is 13.3 Å². The lowest BCUT2D eigenvalue weighted by Crippen LogP contribution is -2.20. The Morgan fingerprint density at radius 1 is 1.47 bits per heavy atom. The number of aryl methyl sites for hydroxylation is 1. The molecule has 1 aromatic heterocycles. The summed E-state index contributed by atoms with van der Waals surface area (Å²) in [6, 6.07) is 3.87. The van der Waals surface area contributed by atoms with Crippen molar-refractivity contribution in [3.05, 3.63) is 23.7 Å². The van der Waals surface area contributed by atoms with Gasteiger partial charge in [0.25, 0.3) is 0 Å². The lowest BCUT2D eigenvalue weighted by Gasteiger charge is -2.19. The fraction of sp³-hybridized carbons (Fsp3) is 0.667. The van der Waals surface area contributed by atoms with Gasteiger partial charge < -0.3 is 14.9 Å². The Morgan fingerprint density at radius 2 is 2.20 bits per heavy atom. The molecule has 0 fully saturated rings. The second-order valence-corrected chi connectivity index (χ2v) is 3.91. The second kappa shape index (κ2) is 5.93. The third-order valence-corrected chi connectivity index (χ3v) is 2.38. The Morgan fingerprint density at radius 3 is 2.67 bits per heavy atom. The molecule has 1 rings (SSSR count). The first kappa shape index (κ1) is 12.3. The van der Waals surface area contributed by atoms with Gasteiger partial charge in [-0.2, -0.15) is 0 Å². The maximum atomic E-state index is 5.82. The lowest BCUT2D eigenvalue weighted by molar-refractivity contribution is -0.0140. The molecule has 0 aliphatic carbocycles. The fourth-order valence-corrected chi connectivity index (χ4v) is 1.62. The lowest BCUT2D eigenvalue weighted by atomic mass is 10.2. The zero-order valence-corrected chi connectivity index (χ0v) is 9.82. The van der Waals surface area contributed by atoms with Crippen LogP contribution in [0.5, 0.6) is 0 Å². The van der Waals surface area contributed by atoms with Crippen LogP contribution < -0.4 is 5.73 Å². The fourth-order valence-electron chi connectivity index (χ4n) is 1.62. The van der Waals surface area contributed by atoms with E-state index >= 15 is 0 Å². The topological polar surface area (TPSA) is 48.4 Å². The summed E-state index contributed by atoms with van der Waals surface area (Å²) in [6.45, 7) is 6.60. The van der Waals surface area contributed by atoms with E-state index < -0.39 is 0 Å². The van der Waals surface area contributed by atoms with Gasteiger partial charge in [-0.05, 0) is 32.4 Å². The van der Waals surface area contributed by atoms with Crippen molar-refractivity contribution in [2.75, 3.05) is 6.54 Å². The molecular formula is C12H21NO2. The van der Waals surface area contributed by atoms with Crippen LogP contribution in [0.1, 0.15) is 44.3 Å². The van der Waals surface area contributed by atoms with Crippen LogP contribution in [0.15, 0.2) is 16.5 Å². The van der Waals surface area contributed by atoms with E-state index in [1.165, 1.54) is 0 Å². The highest BCUT2D eigenvalue weighted by Gasteiger charge is 2.16. The average molecular weight is 211 g/mol. The average Bonchev–Trinajstić information content (AvgIpc) is 2.61. The molecule has 0 radical (unpaired) electrons. The Bertz CT molecular complexity index is 283. The SMILES string of the molecule is CCCC(C)OC(CN)c1ccc(C)o1. The summed E-state index contributed by atoms with van der Waals surface area (Å²) >= 11 is 0. The van der Waals surface area contributed by atoms with Crippen LogP contribution >= 0.6 is 0 Å². The van der Waals surface area contributed by atoms with Crippen LogP contribution in [-0.2, 0) is 4.74 Å². The summed E-state index contributed by atoms with van der Waals surface area (Å²) in [6.07, 6.45) is 2.29. The Balaban J connectivity index is 2.56. The van der Waals surface area contributed by atoms with Crippen LogP contribution in [0.2, 0.25) is 0 Å². The zero-order valence-electron chi connectivity index (χ0n) is 9.82. The third kappa shape index (κ3) is 3.68. The number of ether oxygens (including phenoxy) is 1. The number of nitrogens with two attached hydrogens (primary N) is 1. The molecule has 1 heterocycles. The molecule has 3 nitrogen and oxygen atoms in total. The first-order valence-corrected chi connectivity index (χ1v) is 5.59. The predicted octanol–water partition coefficient (Wildman–Crippen LogP) is 2.79. The first-order chi connectivity index (χ1) is 7.17. The highest BCUT2D eigenvalue weighted by atomic mass is 16.5. The van der Waals surface area contributed by atoms with Gasteiger partial charge in [-0.15, -0.1) is 0 Å². The first-order valence-electron chi connectivity index (χ1n) is 5.59. The minimum Gasteiger partial charge on any atom is -0.464 e. The van der Waals surface area contributed by atoms with Crippen molar-refractivity contribution in [2.24, 2.45) is 5.73 Å². The summed E-state index contributed by atoms with van der Waals surface area (Å²) in [5.74, 6) is 1.73. The molecule has 1 aromatic rings. The minimum absolute atomic E-state index is 0.111. The van der Waals surface area contributed by atoms with Gasteiger partial charge in [0, 0.05) is 6.54 Å². The molecule has 0 bridgehead atoms. The third-order valence-electron chi connectivity index (χ3n) is 2.38. The summed E-state index contributed by atoms with van der Waals surface area (Å²) in [5, 5.41) is 0. The van der Waals surface area contributed by atoms with Crippen molar-refractivity contribution in [1.82, 2.24) is 0 Å². The molecule has 0 saturated carbocycles. The molecule has 2 N–H and O–H groups in total. The molecule has 0 spiro atoms. The van der Waals surface area contributed by atoms with Crippen molar-refractivity contribution >= 4 is 0 Å². The molecule has 15 heavy (non-hydrogen) atoms. The minimum atomic E-state index is -0.111. The van der Waals surface area contributed by atoms with Crippen LogP contribution in [0, 0.1) is 6.92 Å². The van der Waals surface area contributed by atoms with Gasteiger partial charge in [-0.25, -0.2) is 0 Å². The number of furan rings is 1. The Hall–Kier alpha value is -0.800. The molecular weight excluding hydrogens is 190 g/mol. The second-order valence-electron chi connectivity index (χ2n) is 3.91. The molecule has 0 aliphatic rings. The quantitative estimate of drug-likeness (QED) is 0.787. The van der Waals surface area contributed by atoms with Crippen molar-refractivity contribution in [1.29, 1.82) is 0 Å². The maximum Gasteiger partial charge on any atom is 0.134 e. The van der Waals surface area contributed by atoms with E-state index in [1.807, 2.05) is 19.1 Å². The normalized spacial score (nSPS) is 15.2. The van der Waals surface area contributed by atoms with Crippen LogP contribution in [0.3, 0.4) is 0 Å². The van der Waals surface area contributed by atoms with Gasteiger partial charge in [0.1, 0.15) is 17.6 Å². The van der Waals surface area contributed by atoms with Gasteiger partial charge in [0.15, 0.2) is 0 Å². The maximum absolute atomic E-state index is 5.82. The highest BCUT2D eigenvalue weighted by molar-refractivity contribution is 5.08. The molecule has 3 heteroatoms. The number of hydrogen-bond acceptors (Lipinski definition) is 3. The zero-order chi connectivity index (χ0) is 11.3. The van der Waals surface area contributed by atoms with Crippen molar-refractivity contribution in [3.8, 4) is 0 Å². The summed E-state index contributed by atoms with van der Waals surface area (Å²) in [5.41, 5.74) is 5.67. The van der Waals surface area contributed by atoms with Crippen molar-refractivity contribution in [2.45, 2.75) is 45.8 Å². The standard InChI is InChI=1S/C12H21NO2/c1-4-5-9(2)15-12(8-13)11-7-6-10(3)14-11/h6-7,9,12H,4-5,8,13H2,1-3H3. The van der Waals surface area contributed by atoms with Crippen molar-refractivity contribution < 1.29 is 9.15 Å². The van der Waals surface area contributed by atoms with Crippen LogP contribution in [0.25, 0.3) is 0 Å². The van der Waals surface area contributed by atoms with E-state index in [-0.39, 0.29) is 12.2 Å². The van der Waals surface area contributed by atoms with E-state index in [4.69, 9.17) is 14.9 Å². The van der Waals surface area contributed by atoms with E-state index in [0.717, 1.165) is 24.4 Å². The van der Waals surface area contributed by atoms with E-state index in [9.17, 15) is 0 Å². The summed E-state index contributed by atoms with van der Waals surface area (Å²) in [7, 11) is 0. The molecule has 0 aromatic carbocycles. The van der Waals surface area contributed by atoms with Crippen molar-refractivity contribution in [3.63, 3.8) is 0 Å². The molecule has 86 valence electrons. The molecule has 0 amide bonds. The van der Waals surface area contributed by atoms with Gasteiger partial charge in [0.05, 0.1) is 6.10 Å². The Kier molecular flexibility index (Phi) is 4.85. The largest absolute Gasteiger partial charge is 0.464 e. The molecule has 0 aliphatic heterocycles. The monoisotopic (exact) mass is 211 g/mol. The van der Waals surface area contributed by atoms with Crippen LogP contribution in [0.4, 0.5) is 0 Å². The van der Waals surface area contributed by atoms with E-state index in [0.29, 0.717) is 6.54 Å². The molecule has 2 unspecified atom stereocenters. The van der Waals surface area contributed by atoms with Gasteiger partial charge >= 0.3 is 0 Å². The molecule has 2 atom stereocenters. The number of hydrogen-bond donors (Lipinski definition) is 1. The number of rotatable bonds is 6. The smallest absolute Gasteiger partial charge is 0.134 e. The van der Waals surface area contributed by atoms with E-state index in [1.54, 1.807) is 0 Å². The van der Waals surface area contributed by atoms with E-state index in [2.05, 4.69) is 13.8 Å². The van der Waals surface area contributed by atoms with Crippen LogP contribution in [-0.4, -0.2) is 12.6 Å². The summed E-state index contributed by atoms with van der Waals surface area (Å²) in [4.78, 5) is 0. The van der Waals surface area contributed by atoms with Gasteiger partial charge in [0.2, 0.25) is 0 Å². The van der Waals surface area contributed by atoms with Gasteiger partial charge in [-0.3, -0.25) is 0 Å². The Labute approximate surface area is 91.6 Å². The summed E-state index contributed by atoms with van der Waals surface area (Å²) < 4.78 is 11.3. The highest BCUT2D eigenvalue weighted by Crippen LogP contribution is 2.21.